The van der Waals surface area contributed by atoms with Gasteiger partial charge in [-0.25, -0.2) is 0 Å². The van der Waals surface area contributed by atoms with Gasteiger partial charge < -0.3 is 0 Å². The summed E-state index contributed by atoms with van der Waals surface area (Å²) in [5.41, 5.74) is 4.05. The first-order chi connectivity index (χ1) is 7.75. The Morgan fingerprint density at radius 1 is 0.812 bits per heavy atom. The van der Waals surface area contributed by atoms with Gasteiger partial charge in [0.05, 0.1) is 0 Å². The van der Waals surface area contributed by atoms with Crippen LogP contribution < -0.4 is 4.12 Å². The summed E-state index contributed by atoms with van der Waals surface area (Å²) in [4.78, 5) is 0. The fourth-order valence-corrected chi connectivity index (χ4v) is 3.38. The van der Waals surface area contributed by atoms with Crippen molar-refractivity contribution in [3.05, 3.63) is 54.1 Å². The Morgan fingerprint density at radius 3 is 2.00 bits per heavy atom. The van der Waals surface area contributed by atoms with Gasteiger partial charge in [0, 0.05) is 0 Å². The van der Waals surface area contributed by atoms with Gasteiger partial charge >= 0.3 is 94.9 Å². The average molecular weight is 269 g/mol. The third-order valence-electron chi connectivity index (χ3n) is 2.33. The van der Waals surface area contributed by atoms with Gasteiger partial charge in [-0.3, -0.25) is 0 Å². The van der Waals surface area contributed by atoms with E-state index in [0.29, 0.717) is 0 Å². The Labute approximate surface area is 109 Å². The Bertz CT molecular complexity index is 412. The molecule has 2 rings (SSSR count). The molecule has 0 aliphatic heterocycles. The summed E-state index contributed by atoms with van der Waals surface area (Å²) in [5.74, 6) is 0. The maximum atomic E-state index is 2.31. The third-order valence-corrected chi connectivity index (χ3v) is 3.54. The monoisotopic (exact) mass is 268 g/mol. The zero-order chi connectivity index (χ0) is 12.0. The summed E-state index contributed by atoms with van der Waals surface area (Å²) in [6, 6.07) is 17.4. The van der Waals surface area contributed by atoms with E-state index in [4.69, 9.17) is 0 Å². The van der Waals surface area contributed by atoms with Gasteiger partial charge in [-0.15, -0.1) is 0 Å². The second kappa shape index (κ2) is 6.61. The molecule has 0 saturated carbocycles. The van der Waals surface area contributed by atoms with Crippen LogP contribution in [0.25, 0.3) is 11.1 Å². The van der Waals surface area contributed by atoms with E-state index in [1.54, 1.807) is 0 Å². The van der Waals surface area contributed by atoms with E-state index in [-0.39, 0.29) is 0 Å². The molecule has 0 radical (unpaired) electrons. The molecule has 0 amide bonds. The quantitative estimate of drug-likeness (QED) is 0.698. The molecule has 82 valence electrons. The summed E-state index contributed by atoms with van der Waals surface area (Å²) in [7, 11) is 0. The zero-order valence-corrected chi connectivity index (χ0v) is 14.8. The van der Waals surface area contributed by atoms with E-state index < -0.39 is 0 Å². The van der Waals surface area contributed by atoms with Gasteiger partial charge in [0.15, 0.2) is 0 Å². The first-order valence-corrected chi connectivity index (χ1v) is 7.99. The van der Waals surface area contributed by atoms with Crippen LogP contribution in [0.15, 0.2) is 48.5 Å². The molecule has 0 aliphatic carbocycles. The van der Waals surface area contributed by atoms with Crippen LogP contribution in [0.3, 0.4) is 0 Å². The molecule has 0 unspecified atom stereocenters. The molecule has 2 aromatic rings. The van der Waals surface area contributed by atoms with Gasteiger partial charge in [-0.05, 0) is 0 Å². The van der Waals surface area contributed by atoms with Crippen LogP contribution in [-0.2, 0) is 0 Å². The molecular weight excluding hydrogens is 250 g/mol. The van der Waals surface area contributed by atoms with Gasteiger partial charge in [0.25, 0.3) is 0 Å². The van der Waals surface area contributed by atoms with Crippen molar-refractivity contribution in [2.75, 3.05) is 0 Å². The van der Waals surface area contributed by atoms with Crippen LogP contribution in [0.4, 0.5) is 0 Å². The van der Waals surface area contributed by atoms with E-state index >= 15 is 0 Å². The second-order valence-corrected chi connectivity index (χ2v) is 6.17. The number of hydrogen-bond donors (Lipinski definition) is 0. The molecule has 1 heteroatoms. The Kier molecular flexibility index (Phi) is 5.43. The minimum atomic E-state index is 0.766. The predicted molar refractivity (Wildman–Crippen MR) is 76.1 cm³/mol. The van der Waals surface area contributed by atoms with Crippen molar-refractivity contribution in [3.8, 4) is 11.1 Å². The van der Waals surface area contributed by atoms with E-state index in [1.807, 2.05) is 13.8 Å². The normalized spacial score (nSPS) is 9.19. The first kappa shape index (κ1) is 13.1. The number of hydrogen-bond acceptors (Lipinski definition) is 0. The van der Waals surface area contributed by atoms with E-state index in [0.717, 1.165) is 18.6 Å². The summed E-state index contributed by atoms with van der Waals surface area (Å²) in [6.07, 6.45) is 0. The molecule has 2 aromatic carbocycles. The SMILES string of the molecule is CC.Cc1c[c]([GaH2])cc(-c2ccccc2)c1. The molecule has 0 saturated heterocycles. The summed E-state index contributed by atoms with van der Waals surface area (Å²) >= 11 is 0.766. The van der Waals surface area contributed by atoms with Crippen LogP contribution in [-0.4, -0.2) is 18.6 Å². The summed E-state index contributed by atoms with van der Waals surface area (Å²) < 4.78 is 1.51. The molecule has 0 atom stereocenters. The van der Waals surface area contributed by atoms with Crippen LogP contribution in [0.5, 0.6) is 0 Å². The molecule has 0 N–H and O–H groups in total. The molecule has 0 aromatic heterocycles. The standard InChI is InChI=1S/C13H11.C2H6.Ga.2H/c1-11-6-5-9-13(10-11)12-7-3-2-4-8-12;1-2;;;/h2-4,6-10H,1H3;1-2H3;;;. The molecule has 0 bridgehead atoms. The Hall–Kier alpha value is -0.924. The van der Waals surface area contributed by atoms with Crippen molar-refractivity contribution >= 4 is 22.7 Å². The van der Waals surface area contributed by atoms with Gasteiger partial charge in [-0.1, -0.05) is 13.8 Å². The maximum absolute atomic E-state index is 2.31. The molecule has 0 aliphatic rings. The summed E-state index contributed by atoms with van der Waals surface area (Å²) in [5, 5.41) is 0. The van der Waals surface area contributed by atoms with Crippen LogP contribution in [0.1, 0.15) is 19.4 Å². The number of aryl methyl sites for hydroxylation is 1. The molecular formula is C15H19Ga. The van der Waals surface area contributed by atoms with E-state index in [2.05, 4.69) is 55.5 Å². The molecule has 0 fully saturated rings. The van der Waals surface area contributed by atoms with Crippen LogP contribution in [0, 0.1) is 6.92 Å². The molecule has 16 heavy (non-hydrogen) atoms. The van der Waals surface area contributed by atoms with Crippen molar-refractivity contribution in [3.63, 3.8) is 0 Å². The van der Waals surface area contributed by atoms with Gasteiger partial charge in [0.1, 0.15) is 0 Å². The number of rotatable bonds is 1. The van der Waals surface area contributed by atoms with Crippen LogP contribution >= 0.6 is 0 Å². The topological polar surface area (TPSA) is 0 Å². The predicted octanol–water partition coefficient (Wildman–Crippen LogP) is 2.95. The summed E-state index contributed by atoms with van der Waals surface area (Å²) in [6.45, 7) is 6.17. The fraction of sp³-hybridized carbons (Fsp3) is 0.200. The zero-order valence-electron chi connectivity index (χ0n) is 10.6. The molecule has 0 nitrogen and oxygen atoms in total. The van der Waals surface area contributed by atoms with Gasteiger partial charge in [-0.2, -0.15) is 0 Å². The Morgan fingerprint density at radius 2 is 1.44 bits per heavy atom. The van der Waals surface area contributed by atoms with E-state index in [1.165, 1.54) is 20.8 Å². The van der Waals surface area contributed by atoms with Gasteiger partial charge in [0.2, 0.25) is 0 Å². The molecule has 0 spiro atoms. The third kappa shape index (κ3) is 3.58. The van der Waals surface area contributed by atoms with Crippen molar-refractivity contribution in [1.82, 2.24) is 0 Å². The fourth-order valence-electron chi connectivity index (χ4n) is 1.77. The first-order valence-electron chi connectivity index (χ1n) is 5.89. The second-order valence-electron chi connectivity index (χ2n) is 3.74. The average Bonchev–Trinajstić information content (AvgIpc) is 2.32. The van der Waals surface area contributed by atoms with Crippen molar-refractivity contribution in [2.24, 2.45) is 0 Å². The minimum absolute atomic E-state index is 0.766. The van der Waals surface area contributed by atoms with E-state index in [9.17, 15) is 0 Å². The number of benzene rings is 2. The Balaban J connectivity index is 0.000000606. The molecule has 0 heterocycles. The van der Waals surface area contributed by atoms with Crippen LogP contribution in [0.2, 0.25) is 0 Å². The van der Waals surface area contributed by atoms with Crippen molar-refractivity contribution in [1.29, 1.82) is 0 Å². The van der Waals surface area contributed by atoms with Crippen molar-refractivity contribution < 1.29 is 0 Å². The van der Waals surface area contributed by atoms with Crippen molar-refractivity contribution in [2.45, 2.75) is 20.8 Å².